The third-order valence-corrected chi connectivity index (χ3v) is 3.01. The van der Waals surface area contributed by atoms with Crippen LogP contribution in [0.4, 0.5) is 0 Å². The van der Waals surface area contributed by atoms with Gasteiger partial charge in [0.05, 0.1) is 12.5 Å². The standard InChI is InChI=1S/C12H13N3O3/c1-17-7-2-3-9-8(6-7)10(15-18-9)11-12(16)14-5-4-13-11/h2-3,6,11,13H,4-5H2,1H3,(H,14,16). The summed E-state index contributed by atoms with van der Waals surface area (Å²) < 4.78 is 10.4. The van der Waals surface area contributed by atoms with E-state index in [4.69, 9.17) is 9.26 Å². The molecule has 1 aromatic carbocycles. The highest BCUT2D eigenvalue weighted by Crippen LogP contribution is 2.28. The molecular formula is C12H13N3O3. The third kappa shape index (κ3) is 1.70. The Balaban J connectivity index is 2.07. The zero-order valence-electron chi connectivity index (χ0n) is 9.90. The first-order valence-corrected chi connectivity index (χ1v) is 5.74. The molecule has 2 heterocycles. The van der Waals surface area contributed by atoms with Gasteiger partial charge in [-0.1, -0.05) is 5.16 Å². The average molecular weight is 247 g/mol. The fraction of sp³-hybridized carbons (Fsp3) is 0.333. The lowest BCUT2D eigenvalue weighted by Crippen LogP contribution is -2.47. The Morgan fingerprint density at radius 3 is 3.11 bits per heavy atom. The third-order valence-electron chi connectivity index (χ3n) is 3.01. The topological polar surface area (TPSA) is 76.4 Å². The molecule has 0 bridgehead atoms. The molecular weight excluding hydrogens is 234 g/mol. The first kappa shape index (κ1) is 11.0. The van der Waals surface area contributed by atoms with Crippen molar-refractivity contribution in [3.05, 3.63) is 23.9 Å². The number of carbonyl (C=O) groups excluding carboxylic acids is 1. The van der Waals surface area contributed by atoms with Gasteiger partial charge in [0.15, 0.2) is 5.58 Å². The van der Waals surface area contributed by atoms with Crippen molar-refractivity contribution in [2.45, 2.75) is 6.04 Å². The summed E-state index contributed by atoms with van der Waals surface area (Å²) in [6.07, 6.45) is 0. The first-order valence-electron chi connectivity index (χ1n) is 5.74. The molecule has 94 valence electrons. The van der Waals surface area contributed by atoms with E-state index in [-0.39, 0.29) is 5.91 Å². The minimum absolute atomic E-state index is 0.0840. The van der Waals surface area contributed by atoms with Crippen molar-refractivity contribution in [1.29, 1.82) is 0 Å². The number of aromatic nitrogens is 1. The van der Waals surface area contributed by atoms with Crippen LogP contribution >= 0.6 is 0 Å². The molecule has 18 heavy (non-hydrogen) atoms. The highest BCUT2D eigenvalue weighted by molar-refractivity contribution is 5.90. The number of piperazine rings is 1. The maximum absolute atomic E-state index is 11.8. The molecule has 0 saturated carbocycles. The zero-order valence-corrected chi connectivity index (χ0v) is 9.90. The van der Waals surface area contributed by atoms with Crippen LogP contribution in [-0.4, -0.2) is 31.3 Å². The monoisotopic (exact) mass is 247 g/mol. The fourth-order valence-corrected chi connectivity index (χ4v) is 2.09. The predicted octanol–water partition coefficient (Wildman–Crippen LogP) is 0.597. The van der Waals surface area contributed by atoms with Gasteiger partial charge in [-0.3, -0.25) is 10.1 Å². The Morgan fingerprint density at radius 2 is 2.33 bits per heavy atom. The fourth-order valence-electron chi connectivity index (χ4n) is 2.09. The van der Waals surface area contributed by atoms with Crippen LogP contribution in [0.2, 0.25) is 0 Å². The van der Waals surface area contributed by atoms with E-state index in [1.165, 1.54) is 0 Å². The van der Waals surface area contributed by atoms with Crippen LogP contribution in [-0.2, 0) is 4.79 Å². The number of benzene rings is 1. The second-order valence-electron chi connectivity index (χ2n) is 4.11. The van der Waals surface area contributed by atoms with E-state index in [0.717, 1.165) is 5.39 Å². The number of amides is 1. The normalized spacial score (nSPS) is 19.8. The number of hydrogen-bond acceptors (Lipinski definition) is 5. The Labute approximate surface area is 103 Å². The highest BCUT2D eigenvalue weighted by atomic mass is 16.5. The zero-order chi connectivity index (χ0) is 12.5. The van der Waals surface area contributed by atoms with Gasteiger partial charge in [0.2, 0.25) is 5.91 Å². The lowest BCUT2D eigenvalue weighted by Gasteiger charge is -2.21. The van der Waals surface area contributed by atoms with Crippen molar-refractivity contribution >= 4 is 16.9 Å². The number of fused-ring (bicyclic) bond motifs is 1. The molecule has 1 amide bonds. The summed E-state index contributed by atoms with van der Waals surface area (Å²) >= 11 is 0. The molecule has 1 aromatic heterocycles. The first-order chi connectivity index (χ1) is 8.79. The van der Waals surface area contributed by atoms with Crippen molar-refractivity contribution in [1.82, 2.24) is 15.8 Å². The molecule has 6 heteroatoms. The van der Waals surface area contributed by atoms with E-state index >= 15 is 0 Å². The predicted molar refractivity (Wildman–Crippen MR) is 64.3 cm³/mol. The highest BCUT2D eigenvalue weighted by Gasteiger charge is 2.28. The summed E-state index contributed by atoms with van der Waals surface area (Å²) in [5.41, 5.74) is 1.24. The average Bonchev–Trinajstić information content (AvgIpc) is 2.82. The van der Waals surface area contributed by atoms with Crippen LogP contribution in [0, 0.1) is 0 Å². The number of methoxy groups -OCH3 is 1. The van der Waals surface area contributed by atoms with Gasteiger partial charge >= 0.3 is 0 Å². The van der Waals surface area contributed by atoms with Gasteiger partial charge in [-0.2, -0.15) is 0 Å². The Morgan fingerprint density at radius 1 is 1.44 bits per heavy atom. The molecule has 2 aromatic rings. The molecule has 1 aliphatic heterocycles. The second-order valence-corrected chi connectivity index (χ2v) is 4.11. The van der Waals surface area contributed by atoms with Gasteiger partial charge in [0.1, 0.15) is 17.5 Å². The number of ether oxygens (including phenoxy) is 1. The number of rotatable bonds is 2. The number of hydrogen-bond donors (Lipinski definition) is 2. The lowest BCUT2D eigenvalue weighted by molar-refractivity contribution is -0.124. The van der Waals surface area contributed by atoms with Crippen molar-refractivity contribution in [2.75, 3.05) is 20.2 Å². The van der Waals surface area contributed by atoms with E-state index in [9.17, 15) is 4.79 Å². The van der Waals surface area contributed by atoms with Gasteiger partial charge in [-0.05, 0) is 18.2 Å². The van der Waals surface area contributed by atoms with Crippen LogP contribution in [0.15, 0.2) is 22.7 Å². The minimum Gasteiger partial charge on any atom is -0.497 e. The minimum atomic E-state index is -0.466. The van der Waals surface area contributed by atoms with Crippen LogP contribution in [0.25, 0.3) is 11.0 Å². The molecule has 6 nitrogen and oxygen atoms in total. The van der Waals surface area contributed by atoms with Gasteiger partial charge in [-0.25, -0.2) is 0 Å². The van der Waals surface area contributed by atoms with Crippen molar-refractivity contribution in [3.63, 3.8) is 0 Å². The number of carbonyl (C=O) groups is 1. The second kappa shape index (κ2) is 4.30. The summed E-state index contributed by atoms with van der Waals surface area (Å²) in [6.45, 7) is 1.35. The largest absolute Gasteiger partial charge is 0.497 e. The molecule has 1 aliphatic rings. The molecule has 1 atom stereocenters. The van der Waals surface area contributed by atoms with Gasteiger partial charge < -0.3 is 14.6 Å². The summed E-state index contributed by atoms with van der Waals surface area (Å²) in [7, 11) is 1.60. The Bertz CT molecular complexity index is 593. The quantitative estimate of drug-likeness (QED) is 0.812. The van der Waals surface area contributed by atoms with Gasteiger partial charge in [0, 0.05) is 13.1 Å². The van der Waals surface area contributed by atoms with Crippen LogP contribution < -0.4 is 15.4 Å². The van der Waals surface area contributed by atoms with Crippen LogP contribution in [0.3, 0.4) is 0 Å². The smallest absolute Gasteiger partial charge is 0.243 e. The van der Waals surface area contributed by atoms with E-state index < -0.39 is 6.04 Å². The molecule has 1 saturated heterocycles. The van der Waals surface area contributed by atoms with Crippen molar-refractivity contribution in [2.24, 2.45) is 0 Å². The summed E-state index contributed by atoms with van der Waals surface area (Å²) in [4.78, 5) is 11.8. The van der Waals surface area contributed by atoms with Crippen LogP contribution in [0.1, 0.15) is 11.7 Å². The molecule has 3 rings (SSSR count). The molecule has 0 aliphatic carbocycles. The van der Waals surface area contributed by atoms with Crippen LogP contribution in [0.5, 0.6) is 5.75 Å². The summed E-state index contributed by atoms with van der Waals surface area (Å²) in [5.74, 6) is 0.627. The molecule has 1 unspecified atom stereocenters. The van der Waals surface area contributed by atoms with E-state index in [1.54, 1.807) is 19.2 Å². The number of nitrogens with zero attached hydrogens (tertiary/aromatic N) is 1. The van der Waals surface area contributed by atoms with E-state index in [0.29, 0.717) is 30.1 Å². The maximum Gasteiger partial charge on any atom is 0.243 e. The maximum atomic E-state index is 11.8. The van der Waals surface area contributed by atoms with E-state index in [1.807, 2.05) is 6.07 Å². The molecule has 0 radical (unpaired) electrons. The summed E-state index contributed by atoms with van der Waals surface area (Å²) in [5, 5.41) is 10.7. The summed E-state index contributed by atoms with van der Waals surface area (Å²) in [6, 6.07) is 4.94. The Kier molecular flexibility index (Phi) is 2.64. The van der Waals surface area contributed by atoms with Crippen molar-refractivity contribution < 1.29 is 14.1 Å². The number of nitrogens with one attached hydrogen (secondary N) is 2. The van der Waals surface area contributed by atoms with Crippen molar-refractivity contribution in [3.8, 4) is 5.75 Å². The lowest BCUT2D eigenvalue weighted by atomic mass is 10.1. The molecule has 1 fully saturated rings. The molecule has 0 spiro atoms. The Hall–Kier alpha value is -2.08. The van der Waals surface area contributed by atoms with E-state index in [2.05, 4.69) is 15.8 Å². The SMILES string of the molecule is COc1ccc2onc(C3NCCNC3=O)c2c1. The van der Waals surface area contributed by atoms with Gasteiger partial charge in [0.25, 0.3) is 0 Å². The van der Waals surface area contributed by atoms with Gasteiger partial charge in [-0.15, -0.1) is 0 Å². The molecule has 2 N–H and O–H groups in total.